The minimum atomic E-state index is 0.0675. The van der Waals surface area contributed by atoms with Crippen LogP contribution in [0.15, 0.2) is 0 Å². The molecule has 17 heavy (non-hydrogen) atoms. The number of urea groups is 1. The van der Waals surface area contributed by atoms with Crippen molar-refractivity contribution in [3.8, 4) is 0 Å². The predicted octanol–water partition coefficient (Wildman–Crippen LogP) is 0.463. The topological polar surface area (TPSA) is 36.0 Å². The molecule has 0 saturated carbocycles. The van der Waals surface area contributed by atoms with Crippen LogP contribution < -0.4 is 0 Å². The molecule has 2 heterocycles. The van der Waals surface area contributed by atoms with Crippen molar-refractivity contribution in [2.45, 2.75) is 25.4 Å². The van der Waals surface area contributed by atoms with Gasteiger partial charge >= 0.3 is 6.03 Å². The fraction of sp³-hybridized carbons (Fsp3) is 0.917. The van der Waals surface area contributed by atoms with E-state index in [4.69, 9.17) is 4.74 Å². The van der Waals surface area contributed by atoms with E-state index in [1.165, 1.54) is 0 Å². The van der Waals surface area contributed by atoms with Gasteiger partial charge in [0.1, 0.15) is 0 Å². The Bertz CT molecular complexity index is 300. The van der Waals surface area contributed by atoms with Gasteiger partial charge < -0.3 is 14.5 Å². The summed E-state index contributed by atoms with van der Waals surface area (Å²) in [5.74, 6) is 0. The molecule has 5 nitrogen and oxygen atoms in total. The van der Waals surface area contributed by atoms with Gasteiger partial charge in [-0.15, -0.1) is 0 Å². The quantitative estimate of drug-likeness (QED) is 0.669. The van der Waals surface area contributed by atoms with Gasteiger partial charge in [0.05, 0.1) is 18.8 Å². The van der Waals surface area contributed by atoms with Gasteiger partial charge in [-0.25, -0.2) is 4.79 Å². The van der Waals surface area contributed by atoms with Gasteiger partial charge in [-0.2, -0.15) is 0 Å². The van der Waals surface area contributed by atoms with Crippen LogP contribution in [0, 0.1) is 0 Å². The zero-order chi connectivity index (χ0) is 12.6. The molecule has 0 aromatic rings. The largest absolute Gasteiger partial charge is 0.377 e. The van der Waals surface area contributed by atoms with Crippen LogP contribution in [0.2, 0.25) is 0 Å². The molecule has 0 bridgehead atoms. The van der Waals surface area contributed by atoms with Crippen molar-refractivity contribution in [2.75, 3.05) is 46.9 Å². The molecule has 2 amide bonds. The molecular formula is C12H23N3O2. The third kappa shape index (κ3) is 2.13. The van der Waals surface area contributed by atoms with E-state index in [2.05, 4.69) is 18.7 Å². The third-order valence-electron chi connectivity index (χ3n) is 3.72. The van der Waals surface area contributed by atoms with Crippen molar-refractivity contribution in [2.24, 2.45) is 0 Å². The normalized spacial score (nSPS) is 23.9. The van der Waals surface area contributed by atoms with E-state index in [1.807, 2.05) is 4.90 Å². The first-order valence-electron chi connectivity index (χ1n) is 6.27. The maximum absolute atomic E-state index is 12.0. The van der Waals surface area contributed by atoms with E-state index in [9.17, 15) is 4.79 Å². The van der Waals surface area contributed by atoms with Crippen LogP contribution in [-0.4, -0.2) is 79.3 Å². The zero-order valence-corrected chi connectivity index (χ0v) is 11.3. The number of rotatable bonds is 1. The lowest BCUT2D eigenvalue weighted by molar-refractivity contribution is -0.173. The summed E-state index contributed by atoms with van der Waals surface area (Å²) < 4.78 is 5.39. The number of piperazine rings is 1. The first-order chi connectivity index (χ1) is 7.96. The molecule has 2 saturated heterocycles. The first-order valence-corrected chi connectivity index (χ1v) is 6.27. The Morgan fingerprint density at radius 3 is 2.35 bits per heavy atom. The molecule has 2 aliphatic rings. The highest BCUT2D eigenvalue weighted by Crippen LogP contribution is 2.31. The highest BCUT2D eigenvalue weighted by atomic mass is 16.5. The molecular weight excluding hydrogens is 218 g/mol. The first kappa shape index (κ1) is 12.6. The Morgan fingerprint density at radius 1 is 1.29 bits per heavy atom. The fourth-order valence-electron chi connectivity index (χ4n) is 2.84. The number of carbonyl (C=O) groups is 1. The third-order valence-corrected chi connectivity index (χ3v) is 3.72. The maximum Gasteiger partial charge on any atom is 0.319 e. The number of nitrogens with zero attached hydrogens (tertiary/aromatic N) is 3. The van der Waals surface area contributed by atoms with Gasteiger partial charge in [-0.05, 0) is 13.8 Å². The van der Waals surface area contributed by atoms with E-state index in [0.717, 1.165) is 32.8 Å². The predicted molar refractivity (Wildman–Crippen MR) is 66.0 cm³/mol. The van der Waals surface area contributed by atoms with Crippen molar-refractivity contribution >= 4 is 6.03 Å². The van der Waals surface area contributed by atoms with Gasteiger partial charge in [0.25, 0.3) is 0 Å². The van der Waals surface area contributed by atoms with Crippen molar-refractivity contribution in [3.63, 3.8) is 0 Å². The van der Waals surface area contributed by atoms with Crippen molar-refractivity contribution < 1.29 is 9.53 Å². The van der Waals surface area contributed by atoms with Gasteiger partial charge in [0.2, 0.25) is 0 Å². The van der Waals surface area contributed by atoms with Gasteiger partial charge in [-0.3, -0.25) is 4.90 Å². The molecule has 0 N–H and O–H groups in total. The molecule has 0 aromatic heterocycles. The van der Waals surface area contributed by atoms with E-state index < -0.39 is 0 Å². The van der Waals surface area contributed by atoms with Crippen molar-refractivity contribution in [1.29, 1.82) is 0 Å². The van der Waals surface area contributed by atoms with Gasteiger partial charge in [0.15, 0.2) is 0 Å². The summed E-state index contributed by atoms with van der Waals surface area (Å²) in [6.07, 6.45) is 0. The second-order valence-corrected chi connectivity index (χ2v) is 5.60. The van der Waals surface area contributed by atoms with Crippen molar-refractivity contribution in [1.82, 2.24) is 14.7 Å². The molecule has 0 aliphatic carbocycles. The Labute approximate surface area is 103 Å². The SMILES string of the molecule is CC(C)N1CCN(C(=O)N(C)C)CC12COC2. The Hall–Kier alpha value is -0.810. The minimum absolute atomic E-state index is 0.0675. The summed E-state index contributed by atoms with van der Waals surface area (Å²) in [6.45, 7) is 8.48. The Balaban J connectivity index is 2.08. The van der Waals surface area contributed by atoms with Crippen LogP contribution in [0.5, 0.6) is 0 Å². The van der Waals surface area contributed by atoms with Gasteiger partial charge in [0, 0.05) is 39.8 Å². The standard InChI is InChI=1S/C12H23N3O2/c1-10(2)15-6-5-14(11(16)13(3)4)7-12(15)8-17-9-12/h10H,5-9H2,1-4H3. The van der Waals surface area contributed by atoms with Crippen molar-refractivity contribution in [3.05, 3.63) is 0 Å². The molecule has 5 heteroatoms. The van der Waals surface area contributed by atoms with Crippen LogP contribution in [0.4, 0.5) is 4.79 Å². The Kier molecular flexibility index (Phi) is 3.32. The van der Waals surface area contributed by atoms with E-state index in [1.54, 1.807) is 19.0 Å². The summed E-state index contributed by atoms with van der Waals surface area (Å²) in [6, 6.07) is 0.621. The lowest BCUT2D eigenvalue weighted by Crippen LogP contribution is -2.73. The smallest absolute Gasteiger partial charge is 0.319 e. The highest BCUT2D eigenvalue weighted by molar-refractivity contribution is 5.74. The fourth-order valence-corrected chi connectivity index (χ4v) is 2.84. The van der Waals surface area contributed by atoms with Crippen LogP contribution >= 0.6 is 0 Å². The molecule has 0 unspecified atom stereocenters. The number of carbonyl (C=O) groups excluding carboxylic acids is 1. The molecule has 2 aliphatic heterocycles. The number of hydrogen-bond acceptors (Lipinski definition) is 3. The van der Waals surface area contributed by atoms with Crippen LogP contribution in [0.1, 0.15) is 13.8 Å². The lowest BCUT2D eigenvalue weighted by Gasteiger charge is -2.56. The summed E-state index contributed by atoms with van der Waals surface area (Å²) in [7, 11) is 3.61. The molecule has 2 fully saturated rings. The summed E-state index contributed by atoms with van der Waals surface area (Å²) in [4.78, 5) is 18.1. The number of amides is 2. The molecule has 0 radical (unpaired) electrons. The molecule has 2 rings (SSSR count). The molecule has 1 spiro atoms. The molecule has 0 atom stereocenters. The van der Waals surface area contributed by atoms with E-state index in [0.29, 0.717) is 6.04 Å². The minimum Gasteiger partial charge on any atom is -0.377 e. The second-order valence-electron chi connectivity index (χ2n) is 5.60. The highest BCUT2D eigenvalue weighted by Gasteiger charge is 2.49. The summed E-state index contributed by atoms with van der Waals surface area (Å²) >= 11 is 0. The second kappa shape index (κ2) is 4.46. The zero-order valence-electron chi connectivity index (χ0n) is 11.3. The van der Waals surface area contributed by atoms with E-state index >= 15 is 0 Å². The van der Waals surface area contributed by atoms with Crippen LogP contribution in [-0.2, 0) is 4.74 Å². The van der Waals surface area contributed by atoms with Crippen LogP contribution in [0.25, 0.3) is 0 Å². The number of hydrogen-bond donors (Lipinski definition) is 0. The molecule has 0 aromatic carbocycles. The lowest BCUT2D eigenvalue weighted by atomic mass is 9.90. The van der Waals surface area contributed by atoms with Gasteiger partial charge in [-0.1, -0.05) is 0 Å². The summed E-state index contributed by atoms with van der Waals surface area (Å²) in [5, 5.41) is 0. The number of ether oxygens (including phenoxy) is 1. The van der Waals surface area contributed by atoms with E-state index in [-0.39, 0.29) is 11.6 Å². The molecule has 98 valence electrons. The average Bonchev–Trinajstić information content (AvgIpc) is 2.24. The Morgan fingerprint density at radius 2 is 1.94 bits per heavy atom. The summed E-state index contributed by atoms with van der Waals surface area (Å²) in [5.41, 5.74) is 0.0675. The monoisotopic (exact) mass is 241 g/mol. The van der Waals surface area contributed by atoms with Crippen LogP contribution in [0.3, 0.4) is 0 Å². The maximum atomic E-state index is 12.0. The average molecular weight is 241 g/mol.